The molecule has 0 saturated carbocycles. The Morgan fingerprint density at radius 1 is 1.14 bits per heavy atom. The number of piperidine rings is 1. The number of nitrogens with one attached hydrogen (secondary N) is 1. The lowest BCUT2D eigenvalue weighted by Gasteiger charge is -2.40. The van der Waals surface area contributed by atoms with E-state index < -0.39 is 16.1 Å². The highest BCUT2D eigenvalue weighted by atomic mass is 32.2. The van der Waals surface area contributed by atoms with Crippen LogP contribution < -0.4 is 4.72 Å². The van der Waals surface area contributed by atoms with Crippen molar-refractivity contribution >= 4 is 16.1 Å². The van der Waals surface area contributed by atoms with Crippen LogP contribution in [0.4, 0.5) is 4.79 Å². The van der Waals surface area contributed by atoms with E-state index in [2.05, 4.69) is 10.8 Å². The van der Waals surface area contributed by atoms with Gasteiger partial charge in [0.15, 0.2) is 0 Å². The normalized spacial score (nSPS) is 22.5. The van der Waals surface area contributed by atoms with Crippen LogP contribution in [0.15, 0.2) is 48.5 Å². The van der Waals surface area contributed by atoms with Crippen molar-refractivity contribution < 1.29 is 17.9 Å². The second-order valence-corrected chi connectivity index (χ2v) is 9.30. The molecule has 1 amide bonds. The summed E-state index contributed by atoms with van der Waals surface area (Å²) in [6, 6.07) is 15.5. The molecule has 148 valence electrons. The molecule has 7 heteroatoms. The molecule has 1 fully saturated rings. The van der Waals surface area contributed by atoms with E-state index in [1.807, 2.05) is 42.5 Å². The summed E-state index contributed by atoms with van der Waals surface area (Å²) in [4.78, 5) is 14.6. The summed E-state index contributed by atoms with van der Waals surface area (Å²) in [7, 11) is -3.38. The van der Waals surface area contributed by atoms with E-state index in [4.69, 9.17) is 4.74 Å². The number of nitrogens with zero attached hydrogens (tertiary/aromatic N) is 1. The Kier molecular flexibility index (Phi) is 5.12. The molecule has 2 atom stereocenters. The van der Waals surface area contributed by atoms with E-state index in [1.54, 1.807) is 4.90 Å². The van der Waals surface area contributed by atoms with Crippen LogP contribution in [0, 0.1) is 0 Å². The van der Waals surface area contributed by atoms with Crippen LogP contribution in [-0.2, 0) is 27.8 Å². The topological polar surface area (TPSA) is 75.7 Å². The van der Waals surface area contributed by atoms with Gasteiger partial charge >= 0.3 is 6.09 Å². The predicted molar refractivity (Wildman–Crippen MR) is 107 cm³/mol. The van der Waals surface area contributed by atoms with Gasteiger partial charge in [0.05, 0.1) is 12.3 Å². The molecule has 2 aromatic rings. The molecule has 2 bridgehead atoms. The van der Waals surface area contributed by atoms with Crippen molar-refractivity contribution in [3.05, 3.63) is 59.7 Å². The standard InChI is InChI=1S/C21H24N2O4S/c1-28(25,26)22-19-10-5-11-23-20(19)13-15-6-4-8-16(12-15)18-9-3-2-7-17(18)14-27-21(23)24/h2-4,6-9,12,19-20,22H,5,10-11,13-14H2,1H3. The molecule has 0 spiro atoms. The first-order valence-corrected chi connectivity index (χ1v) is 11.4. The number of hydrogen-bond acceptors (Lipinski definition) is 4. The maximum atomic E-state index is 12.9. The predicted octanol–water partition coefficient (Wildman–Crippen LogP) is 2.93. The molecule has 4 rings (SSSR count). The summed E-state index contributed by atoms with van der Waals surface area (Å²) in [6.45, 7) is 0.749. The monoisotopic (exact) mass is 400 g/mol. The highest BCUT2D eigenvalue weighted by Crippen LogP contribution is 2.29. The molecule has 28 heavy (non-hydrogen) atoms. The number of hydrogen-bond donors (Lipinski definition) is 1. The zero-order valence-electron chi connectivity index (χ0n) is 15.8. The first kappa shape index (κ1) is 19.0. The van der Waals surface area contributed by atoms with Crippen molar-refractivity contribution in [2.75, 3.05) is 12.8 Å². The molecule has 6 nitrogen and oxygen atoms in total. The molecule has 2 unspecified atom stereocenters. The Bertz CT molecular complexity index is 989. The van der Waals surface area contributed by atoms with Crippen molar-refractivity contribution in [1.29, 1.82) is 0 Å². The first-order valence-electron chi connectivity index (χ1n) is 9.48. The van der Waals surface area contributed by atoms with E-state index >= 15 is 0 Å². The van der Waals surface area contributed by atoms with Gasteiger partial charge in [-0.3, -0.25) is 0 Å². The minimum absolute atomic E-state index is 0.187. The average Bonchev–Trinajstić information content (AvgIpc) is 2.67. The molecule has 2 aromatic carbocycles. The lowest BCUT2D eigenvalue weighted by Crippen LogP contribution is -2.57. The quantitative estimate of drug-likeness (QED) is 0.841. The average molecular weight is 401 g/mol. The van der Waals surface area contributed by atoms with Gasteiger partial charge in [0, 0.05) is 12.6 Å². The third-order valence-electron chi connectivity index (χ3n) is 5.43. The Morgan fingerprint density at radius 3 is 2.79 bits per heavy atom. The van der Waals surface area contributed by atoms with Gasteiger partial charge in [-0.25, -0.2) is 17.9 Å². The van der Waals surface area contributed by atoms with Crippen LogP contribution in [0.1, 0.15) is 24.0 Å². The summed E-state index contributed by atoms with van der Waals surface area (Å²) in [5, 5.41) is 0. The van der Waals surface area contributed by atoms with Crippen LogP contribution in [0.2, 0.25) is 0 Å². The minimum Gasteiger partial charge on any atom is -0.445 e. The lowest BCUT2D eigenvalue weighted by atomic mass is 9.90. The number of cyclic esters (lactones) is 1. The number of benzene rings is 2. The Hall–Kier alpha value is -2.38. The Morgan fingerprint density at radius 2 is 1.96 bits per heavy atom. The molecular weight excluding hydrogens is 376 g/mol. The number of ether oxygens (including phenoxy) is 1. The highest BCUT2D eigenvalue weighted by molar-refractivity contribution is 7.88. The van der Waals surface area contributed by atoms with Crippen molar-refractivity contribution in [3.63, 3.8) is 0 Å². The van der Waals surface area contributed by atoms with Crippen LogP contribution in [0.5, 0.6) is 0 Å². The smallest absolute Gasteiger partial charge is 0.410 e. The lowest BCUT2D eigenvalue weighted by molar-refractivity contribution is 0.0601. The Balaban J connectivity index is 1.76. The maximum absolute atomic E-state index is 12.9. The number of amides is 1. The van der Waals surface area contributed by atoms with Crippen LogP contribution in [-0.4, -0.2) is 44.3 Å². The SMILES string of the molecule is CS(=O)(=O)NC1CCCN2C(=O)OCc3ccccc3-c3cccc(c3)CC12. The molecule has 0 aromatic heterocycles. The number of fused-ring (bicyclic) bond motifs is 5. The van der Waals surface area contributed by atoms with E-state index in [9.17, 15) is 13.2 Å². The fourth-order valence-electron chi connectivity index (χ4n) is 4.21. The van der Waals surface area contributed by atoms with Gasteiger partial charge in [-0.1, -0.05) is 48.5 Å². The van der Waals surface area contributed by atoms with E-state index in [-0.39, 0.29) is 18.7 Å². The Labute approximate surface area is 165 Å². The first-order chi connectivity index (χ1) is 13.4. The molecular formula is C21H24N2O4S. The molecule has 0 radical (unpaired) electrons. The molecule has 1 saturated heterocycles. The van der Waals surface area contributed by atoms with Gasteiger partial charge in [0.25, 0.3) is 0 Å². The van der Waals surface area contributed by atoms with Crippen molar-refractivity contribution in [2.24, 2.45) is 0 Å². The molecule has 2 aliphatic heterocycles. The largest absolute Gasteiger partial charge is 0.445 e. The summed E-state index contributed by atoms with van der Waals surface area (Å²) in [6.07, 6.45) is 2.76. The fraction of sp³-hybridized carbons (Fsp3) is 0.381. The van der Waals surface area contributed by atoms with Gasteiger partial charge in [-0.15, -0.1) is 0 Å². The third kappa shape index (κ3) is 4.05. The second-order valence-electron chi connectivity index (χ2n) is 7.52. The van der Waals surface area contributed by atoms with Crippen LogP contribution in [0.25, 0.3) is 11.1 Å². The zero-order chi connectivity index (χ0) is 19.7. The minimum atomic E-state index is -3.38. The van der Waals surface area contributed by atoms with Gasteiger partial charge in [-0.2, -0.15) is 0 Å². The molecule has 2 heterocycles. The third-order valence-corrected chi connectivity index (χ3v) is 6.16. The number of rotatable bonds is 2. The highest BCUT2D eigenvalue weighted by Gasteiger charge is 2.37. The number of sulfonamides is 1. The van der Waals surface area contributed by atoms with Gasteiger partial charge in [-0.05, 0) is 41.5 Å². The van der Waals surface area contributed by atoms with Crippen LogP contribution in [0.3, 0.4) is 0 Å². The van der Waals surface area contributed by atoms with Gasteiger partial charge in [0.1, 0.15) is 6.61 Å². The fourth-order valence-corrected chi connectivity index (χ4v) is 5.03. The molecule has 0 aliphatic carbocycles. The van der Waals surface area contributed by atoms with E-state index in [0.717, 1.165) is 34.9 Å². The second kappa shape index (κ2) is 7.56. The van der Waals surface area contributed by atoms with Crippen molar-refractivity contribution in [1.82, 2.24) is 9.62 Å². The van der Waals surface area contributed by atoms with Gasteiger partial charge < -0.3 is 9.64 Å². The molecule has 1 N–H and O–H groups in total. The zero-order valence-corrected chi connectivity index (χ0v) is 16.6. The maximum Gasteiger partial charge on any atom is 0.410 e. The number of carbonyl (C=O) groups is 1. The summed E-state index contributed by atoms with van der Waals surface area (Å²) < 4.78 is 32.1. The van der Waals surface area contributed by atoms with Crippen molar-refractivity contribution in [2.45, 2.75) is 38.0 Å². The van der Waals surface area contributed by atoms with Crippen molar-refractivity contribution in [3.8, 4) is 11.1 Å². The van der Waals surface area contributed by atoms with E-state index in [1.165, 1.54) is 0 Å². The van der Waals surface area contributed by atoms with E-state index in [0.29, 0.717) is 19.4 Å². The summed E-state index contributed by atoms with van der Waals surface area (Å²) in [5.74, 6) is 0. The molecule has 2 aliphatic rings. The summed E-state index contributed by atoms with van der Waals surface area (Å²) >= 11 is 0. The van der Waals surface area contributed by atoms with Gasteiger partial charge in [0.2, 0.25) is 10.0 Å². The van der Waals surface area contributed by atoms with Crippen LogP contribution >= 0.6 is 0 Å². The summed E-state index contributed by atoms with van der Waals surface area (Å²) in [5.41, 5.74) is 4.14. The number of carbonyl (C=O) groups excluding carboxylic acids is 1.